The van der Waals surface area contributed by atoms with Crippen LogP contribution >= 0.6 is 0 Å². The molecule has 0 radical (unpaired) electrons. The van der Waals surface area contributed by atoms with Crippen LogP contribution in [0.3, 0.4) is 0 Å². The first-order valence-corrected chi connectivity index (χ1v) is 40.2. The number of aromatic hydroxyl groups is 4. The highest BCUT2D eigenvalue weighted by Gasteiger charge is 2.37. The van der Waals surface area contributed by atoms with Crippen molar-refractivity contribution in [2.24, 2.45) is 57.7 Å². The first-order chi connectivity index (χ1) is 57.7. The first-order valence-electron chi connectivity index (χ1n) is 40.2. The predicted octanol–water partition coefficient (Wildman–Crippen LogP) is -4.04. The molecule has 2 unspecified atom stereocenters. The number of guanidine groups is 4. The highest BCUT2D eigenvalue weighted by Crippen LogP contribution is 2.19. The fraction of sp³-hybridized carbons (Fsp3) is 0.500. The van der Waals surface area contributed by atoms with Crippen LogP contribution in [0.15, 0.2) is 97.1 Å². The van der Waals surface area contributed by atoms with Crippen molar-refractivity contribution in [2.45, 2.75) is 216 Å². The number of carbonyl (C=O) groups is 12. The average Bonchev–Trinajstić information content (AvgIpc) is 1.42. The molecule has 42 nitrogen and oxygen atoms in total. The smallest absolute Gasteiger partial charge is 0.249 e. The van der Waals surface area contributed by atoms with Crippen molar-refractivity contribution in [2.75, 3.05) is 26.2 Å². The fourth-order valence-corrected chi connectivity index (χ4v) is 12.5. The van der Waals surface area contributed by atoms with Crippen LogP contribution in [0.25, 0.3) is 0 Å². The molecule has 0 aromatic heterocycles. The Kier molecular flexibility index (Phi) is 43.9. The van der Waals surface area contributed by atoms with E-state index in [1.54, 1.807) is 52.0 Å². The van der Waals surface area contributed by atoms with Gasteiger partial charge in [0.25, 0.3) is 0 Å². The van der Waals surface area contributed by atoms with E-state index in [1.165, 1.54) is 72.8 Å². The lowest BCUT2D eigenvalue weighted by molar-refractivity contribution is -0.137. The van der Waals surface area contributed by atoms with Gasteiger partial charge in [0.05, 0.1) is 24.2 Å². The molecule has 0 aliphatic carbocycles. The van der Waals surface area contributed by atoms with Gasteiger partial charge >= 0.3 is 0 Å². The van der Waals surface area contributed by atoms with E-state index in [0.717, 1.165) is 0 Å². The second-order valence-electron chi connectivity index (χ2n) is 30.6. The maximum atomic E-state index is 14.6. The number of benzene rings is 4. The molecule has 4 aromatic carbocycles. The van der Waals surface area contributed by atoms with E-state index in [9.17, 15) is 78.0 Å². The number of phenolic OH excluding ortho intramolecular Hbond substituents is 4. The average molecular weight is 1710 g/mol. The maximum absolute atomic E-state index is 14.6. The summed E-state index contributed by atoms with van der Waals surface area (Å²) in [6.07, 6.45) is -0.272. The van der Waals surface area contributed by atoms with Crippen LogP contribution in [-0.2, 0) is 83.2 Å². The Labute approximate surface area is 707 Å². The zero-order chi connectivity index (χ0) is 90.7. The zero-order valence-corrected chi connectivity index (χ0v) is 69.2. The van der Waals surface area contributed by atoms with Gasteiger partial charge in [-0.3, -0.25) is 89.8 Å². The van der Waals surface area contributed by atoms with E-state index in [-0.39, 0.29) is 189 Å². The number of nitrogens with one attached hydrogen (secondary N) is 18. The summed E-state index contributed by atoms with van der Waals surface area (Å²) in [5.41, 5.74) is 49.3. The molecule has 0 bridgehead atoms. The van der Waals surface area contributed by atoms with Gasteiger partial charge in [0.1, 0.15) is 71.3 Å². The quantitative estimate of drug-likeness (QED) is 0.0114. The topological polar surface area (TPSA) is 758 Å². The van der Waals surface area contributed by atoms with Crippen molar-refractivity contribution >= 4 is 94.7 Å². The summed E-state index contributed by atoms with van der Waals surface area (Å²) in [5, 5.41) is 106. The largest absolute Gasteiger partial charge is 0.508 e. The lowest BCUT2D eigenvalue weighted by atomic mass is 10.00. The third kappa shape index (κ3) is 39.7. The molecule has 0 spiro atoms. The number of phenols is 4. The number of nitrogens with two attached hydrogens (primary N) is 8. The Morgan fingerprint density at radius 3 is 0.721 bits per heavy atom. The van der Waals surface area contributed by atoms with Gasteiger partial charge in [-0.25, -0.2) is 0 Å². The van der Waals surface area contributed by atoms with Gasteiger partial charge < -0.3 is 130 Å². The second-order valence-corrected chi connectivity index (χ2v) is 30.6. The Morgan fingerprint density at radius 2 is 0.484 bits per heavy atom. The lowest BCUT2D eigenvalue weighted by Gasteiger charge is -2.28. The summed E-state index contributed by atoms with van der Waals surface area (Å²) in [6, 6.07) is 6.66. The van der Waals surface area contributed by atoms with E-state index in [2.05, 4.69) is 74.4 Å². The molecule has 4 aromatic rings. The van der Waals surface area contributed by atoms with Gasteiger partial charge in [-0.05, 0) is 173 Å². The van der Waals surface area contributed by atoms with Crippen LogP contribution in [0.5, 0.6) is 23.0 Å². The Balaban J connectivity index is 1.50. The van der Waals surface area contributed by atoms with Crippen LogP contribution in [0, 0.1) is 33.5 Å². The van der Waals surface area contributed by atoms with E-state index in [4.69, 9.17) is 67.5 Å². The van der Waals surface area contributed by atoms with Crippen LogP contribution in [0.1, 0.15) is 140 Å². The van der Waals surface area contributed by atoms with Gasteiger partial charge in [0.2, 0.25) is 70.9 Å². The molecule has 670 valence electrons. The minimum Gasteiger partial charge on any atom is -0.508 e. The minimum absolute atomic E-state index is 0.00461. The second kappa shape index (κ2) is 52.9. The summed E-state index contributed by atoms with van der Waals surface area (Å²) in [5.74, 6) is -13.0. The Hall–Kier alpha value is -13.0. The molecule has 0 heterocycles. The summed E-state index contributed by atoms with van der Waals surface area (Å²) in [7, 11) is 0. The summed E-state index contributed by atoms with van der Waals surface area (Å²) < 4.78 is 0. The third-order valence-electron chi connectivity index (χ3n) is 19.1. The molecule has 0 aliphatic rings. The van der Waals surface area contributed by atoms with Crippen molar-refractivity contribution in [3.05, 3.63) is 119 Å². The molecule has 0 fully saturated rings. The SMILES string of the molecule is CC(C)C[C@H](NC(=O)[C@H](CCCNC(=N)N)NC(=O)[C@@H](N)Cc1ccc(O)cc1)C(=O)N[C@@H](CCCNC(=N)N)C(=O)N[C@@H](Cc1ccc(O)cc1)C(=O)NC(=O)C(N)CCCCC(N)C(=O)NC(=O)[C@H](Cc1ccc(O)cc1)NC(=O)[C@H](CCCNC(=N)N)NC(=O)[C@H](CC(C)C)NC(=O)[C@H](CCCNC(=N)N)NC(=O)[C@@H](N)Cc1ccc(O)cc1. The highest BCUT2D eigenvalue weighted by molar-refractivity contribution is 6.03. The number of rotatable bonds is 53. The van der Waals surface area contributed by atoms with Gasteiger partial charge in [-0.1, -0.05) is 89.1 Å². The van der Waals surface area contributed by atoms with Crippen molar-refractivity contribution in [3.8, 4) is 23.0 Å². The van der Waals surface area contributed by atoms with Crippen molar-refractivity contribution in [1.29, 1.82) is 21.6 Å². The predicted molar refractivity (Wildman–Crippen MR) is 455 cm³/mol. The van der Waals surface area contributed by atoms with E-state index >= 15 is 0 Å². The van der Waals surface area contributed by atoms with Gasteiger partial charge in [0.15, 0.2) is 23.8 Å². The Morgan fingerprint density at radius 1 is 0.270 bits per heavy atom. The van der Waals surface area contributed by atoms with Gasteiger partial charge in [0, 0.05) is 39.0 Å². The first kappa shape index (κ1) is 101. The van der Waals surface area contributed by atoms with Gasteiger partial charge in [-0.15, -0.1) is 0 Å². The monoisotopic (exact) mass is 1700 g/mol. The molecule has 122 heavy (non-hydrogen) atoms. The molecule has 4 rings (SSSR count). The van der Waals surface area contributed by atoms with E-state index in [1.807, 2.05) is 0 Å². The molecular formula is C80H124N26O16. The van der Waals surface area contributed by atoms with Crippen LogP contribution < -0.4 is 120 Å². The van der Waals surface area contributed by atoms with Crippen molar-refractivity contribution < 1.29 is 78.0 Å². The molecule has 0 saturated heterocycles. The molecular weight excluding hydrogens is 1580 g/mol. The zero-order valence-electron chi connectivity index (χ0n) is 69.2. The van der Waals surface area contributed by atoms with Crippen molar-refractivity contribution in [1.82, 2.24) is 74.4 Å². The maximum Gasteiger partial charge on any atom is 0.249 e. The highest BCUT2D eigenvalue weighted by atomic mass is 16.3. The number of hydrogen-bond donors (Lipinski definition) is 30. The number of carbonyl (C=O) groups excluding carboxylic acids is 12. The molecule has 38 N–H and O–H groups in total. The summed E-state index contributed by atoms with van der Waals surface area (Å²) in [6.45, 7) is 7.41. The Bertz CT molecular complexity index is 3880. The number of unbranched alkanes of at least 4 members (excludes halogenated alkanes) is 1. The molecule has 12 amide bonds. The van der Waals surface area contributed by atoms with Crippen LogP contribution in [-0.4, -0.2) is 214 Å². The normalized spacial score (nSPS) is 14.0. The van der Waals surface area contributed by atoms with Crippen LogP contribution in [0.2, 0.25) is 0 Å². The minimum atomic E-state index is -1.57. The molecule has 12 atom stereocenters. The number of hydrogen-bond acceptors (Lipinski definition) is 24. The molecule has 0 saturated carbocycles. The molecule has 0 aliphatic heterocycles. The number of amides is 12. The standard InChI is InChI=1S/C80H124N26O16/c1-43(2)37-61(101-69(115)57(13-7-33-93-77(85)86)97-67(113)55(83)39-45-17-25-49(107)26-18-45)73(119)99-59(15-9-35-95-79(89)90)71(117)103-63(41-47-21-29-51(109)30-22-47)75(121)105-65(111)53(81)11-5-6-12-54(82)66(112)106-76(122)64(42-48-23-31-52(110)32-24-48)104-72(118)60(16-10-36-96-80(91)92)100-74(120)62(38-44(3)4)102-70(116)58(14-8-34-94-78(87)88)98-68(114)56(84)40-46-19-27-50(108)28-20-46/h17-32,43-44,53-64,107-110H,5-16,33-42,81-84H2,1-4H3,(H,97,113)(H,98,114)(H,99,119)(H,100,120)(H,101,115)(H,102,116)(H,103,117)(H,104,118)(H4,85,86,93)(H4,87,88,94)(H4,89,90,95)(H4,91,92,96)(H,105,111,121)(H,106,112,122)/t53?,54?,55-,56-,57-,58-,59-,60-,61-,62-,63-,64-/m0/s1. The van der Waals surface area contributed by atoms with Crippen LogP contribution in [0.4, 0.5) is 0 Å². The third-order valence-corrected chi connectivity index (χ3v) is 19.1. The van der Waals surface area contributed by atoms with E-state index < -0.39 is 155 Å². The van der Waals surface area contributed by atoms with Crippen molar-refractivity contribution in [3.63, 3.8) is 0 Å². The fourth-order valence-electron chi connectivity index (χ4n) is 12.5. The summed E-state index contributed by atoms with van der Waals surface area (Å²) in [4.78, 5) is 170. The number of imide groups is 2. The molecule has 42 heteroatoms. The van der Waals surface area contributed by atoms with E-state index in [0.29, 0.717) is 22.3 Å². The van der Waals surface area contributed by atoms with Gasteiger partial charge in [-0.2, -0.15) is 0 Å². The summed E-state index contributed by atoms with van der Waals surface area (Å²) >= 11 is 0. The lowest BCUT2D eigenvalue weighted by Crippen LogP contribution is -2.59.